The molecule has 22 heavy (non-hydrogen) atoms. The van der Waals surface area contributed by atoms with Gasteiger partial charge in [0.25, 0.3) is 5.70 Å². The first-order valence-corrected chi connectivity index (χ1v) is 6.97. The molecule has 3 rings (SSSR count). The Bertz CT molecular complexity index is 587. The lowest BCUT2D eigenvalue weighted by atomic mass is 10.0. The zero-order valence-electron chi connectivity index (χ0n) is 12.3. The Hall–Kier alpha value is -1.80. The zero-order chi connectivity index (χ0) is 15.7. The van der Waals surface area contributed by atoms with Crippen LogP contribution in [0.25, 0.3) is 0 Å². The van der Waals surface area contributed by atoms with E-state index in [1.54, 1.807) is 6.92 Å². The van der Waals surface area contributed by atoms with Crippen LogP contribution in [0.2, 0.25) is 0 Å². The van der Waals surface area contributed by atoms with Crippen LogP contribution in [0.1, 0.15) is 18.8 Å². The molecule has 0 aromatic heterocycles. The number of methoxy groups -OCH3 is 1. The fourth-order valence-corrected chi connectivity index (χ4v) is 2.75. The second-order valence-corrected chi connectivity index (χ2v) is 5.20. The molecule has 0 radical (unpaired) electrons. The van der Waals surface area contributed by atoms with Gasteiger partial charge in [0.15, 0.2) is 18.7 Å². The standard InChI is InChI=1S/C15H17NO6/c1-9-12(16(17)18)13-11(21-14(9)19-2)8-20-15(22-13)10-6-4-3-5-7-10/h3-7,11,13-15H,8H2,1-2H3/t11-,13+,14+,15?/m1/s1. The molecule has 2 aliphatic heterocycles. The molecule has 0 amide bonds. The van der Waals surface area contributed by atoms with Crippen LogP contribution >= 0.6 is 0 Å². The topological polar surface area (TPSA) is 80.1 Å². The van der Waals surface area contributed by atoms with E-state index in [4.69, 9.17) is 18.9 Å². The van der Waals surface area contributed by atoms with Crippen molar-refractivity contribution < 1.29 is 23.9 Å². The molecule has 118 valence electrons. The summed E-state index contributed by atoms with van der Waals surface area (Å²) in [7, 11) is 1.45. The van der Waals surface area contributed by atoms with Gasteiger partial charge in [0.05, 0.1) is 17.1 Å². The van der Waals surface area contributed by atoms with E-state index >= 15 is 0 Å². The largest absolute Gasteiger partial charge is 0.352 e. The minimum Gasteiger partial charge on any atom is -0.352 e. The maximum absolute atomic E-state index is 11.4. The molecule has 7 heteroatoms. The van der Waals surface area contributed by atoms with Crippen LogP contribution in [0.15, 0.2) is 41.6 Å². The van der Waals surface area contributed by atoms with E-state index in [9.17, 15) is 10.1 Å². The van der Waals surface area contributed by atoms with Gasteiger partial charge in [0.1, 0.15) is 6.10 Å². The van der Waals surface area contributed by atoms with Gasteiger partial charge in [-0.05, 0) is 6.92 Å². The first-order chi connectivity index (χ1) is 10.6. The zero-order valence-corrected chi connectivity index (χ0v) is 12.3. The summed E-state index contributed by atoms with van der Waals surface area (Å²) in [4.78, 5) is 11.0. The van der Waals surface area contributed by atoms with Crippen molar-refractivity contribution >= 4 is 0 Å². The molecule has 7 nitrogen and oxygen atoms in total. The Kier molecular flexibility index (Phi) is 4.21. The van der Waals surface area contributed by atoms with Crippen LogP contribution in [0.3, 0.4) is 0 Å². The van der Waals surface area contributed by atoms with Crippen LogP contribution in [0, 0.1) is 10.1 Å². The summed E-state index contributed by atoms with van der Waals surface area (Å²) in [6.45, 7) is 1.83. The van der Waals surface area contributed by atoms with Gasteiger partial charge in [0.2, 0.25) is 0 Å². The Labute approximate surface area is 127 Å². The molecule has 1 aromatic carbocycles. The summed E-state index contributed by atoms with van der Waals surface area (Å²) in [5.41, 5.74) is 1.23. The van der Waals surface area contributed by atoms with Crippen molar-refractivity contribution in [1.82, 2.24) is 0 Å². The van der Waals surface area contributed by atoms with Crippen LogP contribution in [0.4, 0.5) is 0 Å². The van der Waals surface area contributed by atoms with E-state index in [0.717, 1.165) is 5.56 Å². The van der Waals surface area contributed by atoms with Crippen LogP contribution in [-0.4, -0.2) is 37.1 Å². The van der Waals surface area contributed by atoms with Crippen molar-refractivity contribution in [3.8, 4) is 0 Å². The van der Waals surface area contributed by atoms with E-state index in [0.29, 0.717) is 5.57 Å². The number of hydrogen-bond acceptors (Lipinski definition) is 6. The highest BCUT2D eigenvalue weighted by molar-refractivity contribution is 5.21. The second kappa shape index (κ2) is 6.13. The Morgan fingerprint density at radius 2 is 2.00 bits per heavy atom. The highest BCUT2D eigenvalue weighted by Crippen LogP contribution is 2.36. The molecule has 1 aromatic rings. The van der Waals surface area contributed by atoms with Crippen molar-refractivity contribution in [3.05, 3.63) is 57.3 Å². The molecule has 1 fully saturated rings. The van der Waals surface area contributed by atoms with Crippen LogP contribution in [0.5, 0.6) is 0 Å². The minimum absolute atomic E-state index is 0.00710. The van der Waals surface area contributed by atoms with E-state index in [1.807, 2.05) is 30.3 Å². The molecule has 4 atom stereocenters. The molecule has 0 saturated carbocycles. The van der Waals surface area contributed by atoms with Gasteiger partial charge in [-0.2, -0.15) is 0 Å². The molecule has 1 saturated heterocycles. The fraction of sp³-hybridized carbons (Fsp3) is 0.467. The number of rotatable bonds is 3. The maximum atomic E-state index is 11.4. The summed E-state index contributed by atoms with van der Waals surface area (Å²) in [6.07, 6.45) is -2.73. The van der Waals surface area contributed by atoms with Crippen molar-refractivity contribution in [3.63, 3.8) is 0 Å². The van der Waals surface area contributed by atoms with E-state index in [1.165, 1.54) is 7.11 Å². The van der Waals surface area contributed by atoms with Gasteiger partial charge in [-0.1, -0.05) is 30.3 Å². The number of hydrogen-bond donors (Lipinski definition) is 0. The highest BCUT2D eigenvalue weighted by Gasteiger charge is 2.48. The van der Waals surface area contributed by atoms with Gasteiger partial charge in [-0.15, -0.1) is 0 Å². The van der Waals surface area contributed by atoms with Gasteiger partial charge < -0.3 is 18.9 Å². The lowest BCUT2D eigenvalue weighted by molar-refractivity contribution is -0.457. The smallest absolute Gasteiger partial charge is 0.281 e. The highest BCUT2D eigenvalue weighted by atomic mass is 16.7. The fourth-order valence-electron chi connectivity index (χ4n) is 2.75. The maximum Gasteiger partial charge on any atom is 0.281 e. The van der Waals surface area contributed by atoms with E-state index in [2.05, 4.69) is 0 Å². The Balaban J connectivity index is 1.90. The van der Waals surface area contributed by atoms with Crippen LogP contribution in [-0.2, 0) is 18.9 Å². The monoisotopic (exact) mass is 307 g/mol. The minimum atomic E-state index is -0.777. The van der Waals surface area contributed by atoms with Crippen molar-refractivity contribution in [2.45, 2.75) is 31.7 Å². The van der Waals surface area contributed by atoms with Crippen LogP contribution < -0.4 is 0 Å². The summed E-state index contributed by atoms with van der Waals surface area (Å²) in [6, 6.07) is 9.32. The van der Waals surface area contributed by atoms with E-state index < -0.39 is 29.7 Å². The molecule has 1 unspecified atom stereocenters. The predicted octanol–water partition coefficient (Wildman–Crippen LogP) is 2.02. The SMILES string of the molecule is CO[C@H]1O[C@@H]2COC(c3ccccc3)O[C@@H]2C([N+](=O)[O-])=C1C. The molecule has 2 heterocycles. The third-order valence-corrected chi connectivity index (χ3v) is 3.83. The van der Waals surface area contributed by atoms with Gasteiger partial charge in [-0.3, -0.25) is 10.1 Å². The number of nitro groups is 1. The molecule has 0 N–H and O–H groups in total. The first kappa shape index (κ1) is 15.1. The second-order valence-electron chi connectivity index (χ2n) is 5.20. The molecule has 2 aliphatic rings. The lowest BCUT2D eigenvalue weighted by Gasteiger charge is -2.39. The summed E-state index contributed by atoms with van der Waals surface area (Å²) in [5, 5.41) is 11.4. The quantitative estimate of drug-likeness (QED) is 0.628. The molecule has 0 aliphatic carbocycles. The van der Waals surface area contributed by atoms with Crippen molar-refractivity contribution in [2.24, 2.45) is 0 Å². The normalized spacial score (nSPS) is 31.7. The average molecular weight is 307 g/mol. The lowest BCUT2D eigenvalue weighted by Crippen LogP contribution is -2.50. The van der Waals surface area contributed by atoms with Gasteiger partial charge in [0, 0.05) is 12.7 Å². The molecular formula is C15H17NO6. The number of benzene rings is 1. The number of fused-ring (bicyclic) bond motifs is 1. The van der Waals surface area contributed by atoms with Crippen molar-refractivity contribution in [2.75, 3.05) is 13.7 Å². The first-order valence-electron chi connectivity index (χ1n) is 6.97. The third-order valence-electron chi connectivity index (χ3n) is 3.83. The average Bonchev–Trinajstić information content (AvgIpc) is 2.54. The summed E-state index contributed by atoms with van der Waals surface area (Å²) < 4.78 is 22.3. The predicted molar refractivity (Wildman–Crippen MR) is 75.4 cm³/mol. The number of ether oxygens (including phenoxy) is 4. The van der Waals surface area contributed by atoms with Crippen molar-refractivity contribution in [1.29, 1.82) is 0 Å². The molecule has 0 bridgehead atoms. The molecule has 0 spiro atoms. The van der Waals surface area contributed by atoms with Gasteiger partial charge in [-0.25, -0.2) is 0 Å². The van der Waals surface area contributed by atoms with E-state index in [-0.39, 0.29) is 12.3 Å². The number of nitrogens with zero attached hydrogens (tertiary/aromatic N) is 1. The summed E-state index contributed by atoms with van der Waals surface area (Å²) >= 11 is 0. The Morgan fingerprint density at radius 1 is 1.27 bits per heavy atom. The van der Waals surface area contributed by atoms with Gasteiger partial charge >= 0.3 is 0 Å². The molecular weight excluding hydrogens is 290 g/mol. The third kappa shape index (κ3) is 2.64. The summed E-state index contributed by atoms with van der Waals surface area (Å²) in [5.74, 6) is 0. The Morgan fingerprint density at radius 3 is 2.64 bits per heavy atom.